The minimum absolute atomic E-state index is 0.311. The van der Waals surface area contributed by atoms with Crippen LogP contribution in [0.3, 0.4) is 0 Å². The summed E-state index contributed by atoms with van der Waals surface area (Å²) in [5, 5.41) is 1.10. The first-order chi connectivity index (χ1) is 13.1. The van der Waals surface area contributed by atoms with E-state index >= 15 is 0 Å². The van der Waals surface area contributed by atoms with Gasteiger partial charge in [-0.3, -0.25) is 0 Å². The van der Waals surface area contributed by atoms with Crippen molar-refractivity contribution in [3.63, 3.8) is 0 Å². The van der Waals surface area contributed by atoms with Crippen LogP contribution >= 0.6 is 11.8 Å². The predicted molar refractivity (Wildman–Crippen MR) is 112 cm³/mol. The average Bonchev–Trinajstić information content (AvgIpc) is 3.12. The van der Waals surface area contributed by atoms with Crippen LogP contribution in [0.5, 0.6) is 0 Å². The summed E-state index contributed by atoms with van der Waals surface area (Å²) in [6, 6.07) is 18.5. The van der Waals surface area contributed by atoms with Gasteiger partial charge >= 0.3 is 5.97 Å². The Balaban J connectivity index is 1.64. The highest BCUT2D eigenvalue weighted by molar-refractivity contribution is 7.99. The topological polar surface area (TPSA) is 39.4 Å². The van der Waals surface area contributed by atoms with Crippen molar-refractivity contribution in [1.29, 1.82) is 0 Å². The van der Waals surface area contributed by atoms with Gasteiger partial charge in [0.25, 0.3) is 0 Å². The van der Waals surface area contributed by atoms with Gasteiger partial charge in [0.1, 0.15) is 11.3 Å². The standard InChI is InChI=1S/C23H24O3S/c1-4-17(14-25-23(24)16(2)3)15-27-20-11-10-19-12-21(26-22(19)13-20)18-8-6-5-7-9-18/h5-13,17H,2,4,14-15H2,1,3H3. The molecule has 0 N–H and O–H groups in total. The van der Waals surface area contributed by atoms with Crippen LogP contribution in [0.2, 0.25) is 0 Å². The summed E-state index contributed by atoms with van der Waals surface area (Å²) in [5.74, 6) is 1.76. The number of hydrogen-bond acceptors (Lipinski definition) is 4. The smallest absolute Gasteiger partial charge is 0.333 e. The van der Waals surface area contributed by atoms with Crippen LogP contribution in [0.15, 0.2) is 76.1 Å². The Bertz CT molecular complexity index is 927. The molecular formula is C23H24O3S. The monoisotopic (exact) mass is 380 g/mol. The van der Waals surface area contributed by atoms with E-state index in [1.807, 2.05) is 30.3 Å². The van der Waals surface area contributed by atoms with E-state index in [4.69, 9.17) is 9.15 Å². The van der Waals surface area contributed by atoms with Gasteiger partial charge in [-0.05, 0) is 37.6 Å². The number of hydrogen-bond donors (Lipinski definition) is 0. The molecule has 0 aliphatic heterocycles. The van der Waals surface area contributed by atoms with Crippen LogP contribution in [-0.4, -0.2) is 18.3 Å². The SMILES string of the molecule is C=C(C)C(=O)OCC(CC)CSc1ccc2cc(-c3ccccc3)oc2c1. The number of ether oxygens (including phenoxy) is 1. The molecule has 0 aliphatic carbocycles. The maximum absolute atomic E-state index is 11.6. The van der Waals surface area contributed by atoms with Gasteiger partial charge in [-0.1, -0.05) is 43.8 Å². The highest BCUT2D eigenvalue weighted by atomic mass is 32.2. The number of fused-ring (bicyclic) bond motifs is 1. The van der Waals surface area contributed by atoms with Crippen LogP contribution in [0.1, 0.15) is 20.3 Å². The molecule has 140 valence electrons. The van der Waals surface area contributed by atoms with Gasteiger partial charge in [-0.2, -0.15) is 0 Å². The van der Waals surface area contributed by atoms with Crippen LogP contribution in [0.25, 0.3) is 22.3 Å². The van der Waals surface area contributed by atoms with Crippen molar-refractivity contribution >= 4 is 28.7 Å². The molecule has 0 spiro atoms. The third-order valence-electron chi connectivity index (χ3n) is 4.41. The normalized spacial score (nSPS) is 12.1. The van der Waals surface area contributed by atoms with Crippen LogP contribution in [0.4, 0.5) is 0 Å². The predicted octanol–water partition coefficient (Wildman–Crippen LogP) is 6.34. The molecule has 3 rings (SSSR count). The number of furan rings is 1. The molecule has 0 saturated carbocycles. The zero-order valence-electron chi connectivity index (χ0n) is 15.7. The number of rotatable bonds is 8. The lowest BCUT2D eigenvalue weighted by molar-refractivity contribution is -0.140. The number of thioether (sulfide) groups is 1. The summed E-state index contributed by atoms with van der Waals surface area (Å²) < 4.78 is 11.3. The summed E-state index contributed by atoms with van der Waals surface area (Å²) in [6.07, 6.45) is 0.956. The van der Waals surface area contributed by atoms with Crippen LogP contribution in [-0.2, 0) is 9.53 Å². The second kappa shape index (κ2) is 8.96. The number of benzene rings is 2. The summed E-state index contributed by atoms with van der Waals surface area (Å²) in [5.41, 5.74) is 2.41. The van der Waals surface area contributed by atoms with E-state index in [0.29, 0.717) is 18.1 Å². The largest absolute Gasteiger partial charge is 0.462 e. The van der Waals surface area contributed by atoms with Crippen molar-refractivity contribution in [1.82, 2.24) is 0 Å². The fourth-order valence-corrected chi connectivity index (χ4v) is 3.78. The highest BCUT2D eigenvalue weighted by Gasteiger charge is 2.12. The molecule has 1 aromatic heterocycles. The third-order valence-corrected chi connectivity index (χ3v) is 5.64. The van der Waals surface area contributed by atoms with Crippen molar-refractivity contribution < 1.29 is 13.9 Å². The molecule has 3 nitrogen and oxygen atoms in total. The van der Waals surface area contributed by atoms with E-state index in [2.05, 4.69) is 37.8 Å². The number of esters is 1. The Kier molecular flexibility index (Phi) is 6.40. The maximum Gasteiger partial charge on any atom is 0.333 e. The molecule has 0 fully saturated rings. The van der Waals surface area contributed by atoms with E-state index < -0.39 is 0 Å². The molecule has 4 heteroatoms. The Morgan fingerprint density at radius 2 is 1.96 bits per heavy atom. The van der Waals surface area contributed by atoms with Crippen molar-refractivity contribution in [2.24, 2.45) is 5.92 Å². The lowest BCUT2D eigenvalue weighted by Crippen LogP contribution is -2.15. The molecule has 0 radical (unpaired) electrons. The second-order valence-corrected chi connectivity index (χ2v) is 7.73. The molecule has 0 bridgehead atoms. The molecule has 0 aliphatic rings. The lowest BCUT2D eigenvalue weighted by atomic mass is 10.1. The molecule has 27 heavy (non-hydrogen) atoms. The first-order valence-corrected chi connectivity index (χ1v) is 10.1. The maximum atomic E-state index is 11.6. The van der Waals surface area contributed by atoms with Gasteiger partial charge in [0.2, 0.25) is 0 Å². The molecule has 1 heterocycles. The van der Waals surface area contributed by atoms with Crippen molar-refractivity contribution in [3.05, 3.63) is 66.7 Å². The van der Waals surface area contributed by atoms with E-state index in [9.17, 15) is 4.79 Å². The fourth-order valence-electron chi connectivity index (χ4n) is 2.66. The van der Waals surface area contributed by atoms with E-state index in [1.54, 1.807) is 18.7 Å². The third kappa shape index (κ3) is 5.04. The Morgan fingerprint density at radius 3 is 2.67 bits per heavy atom. The molecule has 0 amide bonds. The summed E-state index contributed by atoms with van der Waals surface area (Å²) >= 11 is 1.76. The number of carbonyl (C=O) groups excluding carboxylic acids is 1. The lowest BCUT2D eigenvalue weighted by Gasteiger charge is -2.14. The molecule has 0 saturated heterocycles. The summed E-state index contributed by atoms with van der Waals surface area (Å²) in [4.78, 5) is 12.7. The average molecular weight is 381 g/mol. The first kappa shape index (κ1) is 19.3. The van der Waals surface area contributed by atoms with Gasteiger partial charge in [0.15, 0.2) is 0 Å². The minimum Gasteiger partial charge on any atom is -0.462 e. The van der Waals surface area contributed by atoms with E-state index in [0.717, 1.165) is 39.4 Å². The zero-order chi connectivity index (χ0) is 19.2. The van der Waals surface area contributed by atoms with Crippen molar-refractivity contribution in [3.8, 4) is 11.3 Å². The molecular weight excluding hydrogens is 356 g/mol. The van der Waals surface area contributed by atoms with Crippen molar-refractivity contribution in [2.75, 3.05) is 12.4 Å². The zero-order valence-corrected chi connectivity index (χ0v) is 16.6. The summed E-state index contributed by atoms with van der Waals surface area (Å²) in [6.45, 7) is 7.82. The van der Waals surface area contributed by atoms with Crippen LogP contribution < -0.4 is 0 Å². The van der Waals surface area contributed by atoms with Gasteiger partial charge in [0.05, 0.1) is 6.61 Å². The van der Waals surface area contributed by atoms with Gasteiger partial charge < -0.3 is 9.15 Å². The molecule has 2 aromatic carbocycles. The minimum atomic E-state index is -0.316. The highest BCUT2D eigenvalue weighted by Crippen LogP contribution is 2.31. The quantitative estimate of drug-likeness (QED) is 0.260. The van der Waals surface area contributed by atoms with Gasteiger partial charge in [-0.15, -0.1) is 11.8 Å². The Morgan fingerprint density at radius 1 is 1.19 bits per heavy atom. The second-order valence-electron chi connectivity index (χ2n) is 6.64. The summed E-state index contributed by atoms with van der Waals surface area (Å²) in [7, 11) is 0. The van der Waals surface area contributed by atoms with Crippen LogP contribution in [0, 0.1) is 5.92 Å². The van der Waals surface area contributed by atoms with Gasteiger partial charge in [-0.25, -0.2) is 4.79 Å². The van der Waals surface area contributed by atoms with Crippen molar-refractivity contribution in [2.45, 2.75) is 25.2 Å². The van der Waals surface area contributed by atoms with E-state index in [1.165, 1.54) is 0 Å². The molecule has 1 atom stereocenters. The fraction of sp³-hybridized carbons (Fsp3) is 0.261. The Hall–Kier alpha value is -2.46. The molecule has 1 unspecified atom stereocenters. The Labute approximate surface area is 164 Å². The van der Waals surface area contributed by atoms with Gasteiger partial charge in [0, 0.05) is 33.1 Å². The molecule has 3 aromatic rings. The van der Waals surface area contributed by atoms with E-state index in [-0.39, 0.29) is 5.97 Å². The number of carbonyl (C=O) groups is 1. The first-order valence-electron chi connectivity index (χ1n) is 9.11.